The van der Waals surface area contributed by atoms with Crippen LogP contribution in [0.3, 0.4) is 0 Å². The van der Waals surface area contributed by atoms with E-state index in [0.29, 0.717) is 5.59 Å². The first-order valence-electron chi connectivity index (χ1n) is 7.20. The Labute approximate surface area is 120 Å². The van der Waals surface area contributed by atoms with Gasteiger partial charge in [0.25, 0.3) is 0 Å². The van der Waals surface area contributed by atoms with E-state index in [-0.39, 0.29) is 0 Å². The molecule has 4 nitrogen and oxygen atoms in total. The lowest BCUT2D eigenvalue weighted by atomic mass is 9.78. The van der Waals surface area contributed by atoms with E-state index >= 15 is 0 Å². The standard InChI is InChI=1S/C15H22BNO3/c1-10-8-11(15(18)6-7-15)12(17-9-10)16-19-13(2,3)14(4,5)20-16/h8-9,18H,6-7H2,1-5H3. The molecule has 0 radical (unpaired) electrons. The Kier molecular flexibility index (Phi) is 2.85. The second-order valence-corrected chi connectivity index (χ2v) is 7.07. The first-order chi connectivity index (χ1) is 9.15. The zero-order valence-electron chi connectivity index (χ0n) is 12.9. The van der Waals surface area contributed by atoms with E-state index in [0.717, 1.165) is 24.0 Å². The van der Waals surface area contributed by atoms with Crippen molar-refractivity contribution < 1.29 is 14.4 Å². The highest BCUT2D eigenvalue weighted by Crippen LogP contribution is 2.45. The van der Waals surface area contributed by atoms with Crippen LogP contribution in [-0.2, 0) is 14.9 Å². The molecule has 3 rings (SSSR count). The molecule has 1 aromatic rings. The second kappa shape index (κ2) is 4.06. The van der Waals surface area contributed by atoms with Crippen molar-refractivity contribution in [2.24, 2.45) is 0 Å². The summed E-state index contributed by atoms with van der Waals surface area (Å²) < 4.78 is 12.1. The number of pyridine rings is 1. The predicted octanol–water partition coefficient (Wildman–Crippen LogP) is 1.67. The maximum Gasteiger partial charge on any atom is 0.514 e. The third-order valence-corrected chi connectivity index (χ3v) is 4.76. The molecule has 2 heterocycles. The SMILES string of the molecule is Cc1cnc(B2OC(C)(C)C(C)(C)O2)c(C2(O)CC2)c1. The highest BCUT2D eigenvalue weighted by atomic mass is 16.7. The Bertz CT molecular complexity index is 536. The van der Waals surface area contributed by atoms with Gasteiger partial charge >= 0.3 is 7.12 Å². The van der Waals surface area contributed by atoms with E-state index in [2.05, 4.69) is 4.98 Å². The molecule has 1 saturated heterocycles. The van der Waals surface area contributed by atoms with E-state index in [1.54, 1.807) is 6.20 Å². The van der Waals surface area contributed by atoms with Crippen LogP contribution in [-0.4, -0.2) is 28.4 Å². The fourth-order valence-electron chi connectivity index (χ4n) is 2.48. The van der Waals surface area contributed by atoms with Gasteiger partial charge < -0.3 is 14.4 Å². The van der Waals surface area contributed by atoms with Gasteiger partial charge in [-0.3, -0.25) is 4.98 Å². The minimum Gasteiger partial charge on any atom is -0.398 e. The summed E-state index contributed by atoms with van der Waals surface area (Å²) >= 11 is 0. The molecular weight excluding hydrogens is 253 g/mol. The summed E-state index contributed by atoms with van der Waals surface area (Å²) in [5, 5.41) is 10.5. The van der Waals surface area contributed by atoms with Crippen molar-refractivity contribution in [1.29, 1.82) is 0 Å². The molecule has 0 unspecified atom stereocenters. The average Bonchev–Trinajstić information content (AvgIpc) is 3.02. The van der Waals surface area contributed by atoms with Gasteiger partial charge in [0, 0.05) is 11.8 Å². The Morgan fingerprint density at radius 3 is 2.20 bits per heavy atom. The zero-order valence-corrected chi connectivity index (χ0v) is 12.9. The number of aliphatic hydroxyl groups is 1. The van der Waals surface area contributed by atoms with Gasteiger partial charge in [0.15, 0.2) is 0 Å². The molecule has 5 heteroatoms. The van der Waals surface area contributed by atoms with Crippen LogP contribution in [0.15, 0.2) is 12.3 Å². The first-order valence-corrected chi connectivity index (χ1v) is 7.20. The monoisotopic (exact) mass is 275 g/mol. The highest BCUT2D eigenvalue weighted by molar-refractivity contribution is 6.61. The average molecular weight is 275 g/mol. The number of hydrogen-bond acceptors (Lipinski definition) is 4. The maximum atomic E-state index is 10.5. The fraction of sp³-hybridized carbons (Fsp3) is 0.667. The van der Waals surface area contributed by atoms with E-state index in [4.69, 9.17) is 9.31 Å². The molecule has 1 N–H and O–H groups in total. The Balaban J connectivity index is 2.00. The first kappa shape index (κ1) is 14.0. The minimum atomic E-state index is -0.738. The van der Waals surface area contributed by atoms with E-state index in [1.165, 1.54) is 0 Å². The molecule has 20 heavy (non-hydrogen) atoms. The number of nitrogens with zero attached hydrogens (tertiary/aromatic N) is 1. The Hall–Kier alpha value is -0.905. The Morgan fingerprint density at radius 1 is 1.15 bits per heavy atom. The van der Waals surface area contributed by atoms with Crippen LogP contribution in [0.2, 0.25) is 0 Å². The predicted molar refractivity (Wildman–Crippen MR) is 77.8 cm³/mol. The molecule has 1 saturated carbocycles. The summed E-state index contributed by atoms with van der Waals surface area (Å²) in [5.41, 5.74) is 1.09. The van der Waals surface area contributed by atoms with Crippen LogP contribution < -0.4 is 5.59 Å². The van der Waals surface area contributed by atoms with Gasteiger partial charge in [-0.05, 0) is 53.0 Å². The van der Waals surface area contributed by atoms with Crippen molar-refractivity contribution in [3.63, 3.8) is 0 Å². The lowest BCUT2D eigenvalue weighted by molar-refractivity contribution is 0.00578. The van der Waals surface area contributed by atoms with Crippen molar-refractivity contribution in [3.05, 3.63) is 23.4 Å². The summed E-state index contributed by atoms with van der Waals surface area (Å²) in [7, 11) is -0.514. The van der Waals surface area contributed by atoms with Gasteiger partial charge in [0.2, 0.25) is 0 Å². The van der Waals surface area contributed by atoms with E-state index in [1.807, 2.05) is 40.7 Å². The molecule has 1 aliphatic carbocycles. The van der Waals surface area contributed by atoms with Crippen LogP contribution in [0, 0.1) is 6.92 Å². The van der Waals surface area contributed by atoms with Crippen LogP contribution in [0.4, 0.5) is 0 Å². The van der Waals surface area contributed by atoms with Crippen LogP contribution in [0.25, 0.3) is 0 Å². The number of aryl methyl sites for hydroxylation is 1. The van der Waals surface area contributed by atoms with Gasteiger partial charge in [-0.1, -0.05) is 6.07 Å². The lowest BCUT2D eigenvalue weighted by Gasteiger charge is -2.32. The molecule has 0 aromatic carbocycles. The van der Waals surface area contributed by atoms with Crippen molar-refractivity contribution in [1.82, 2.24) is 4.98 Å². The second-order valence-electron chi connectivity index (χ2n) is 7.07. The molecule has 108 valence electrons. The lowest BCUT2D eigenvalue weighted by Crippen LogP contribution is -2.41. The molecule has 0 spiro atoms. The zero-order chi connectivity index (χ0) is 14.8. The summed E-state index contributed by atoms with van der Waals surface area (Å²) in [6.45, 7) is 10.1. The molecule has 0 bridgehead atoms. The van der Waals surface area contributed by atoms with Crippen LogP contribution in [0.1, 0.15) is 51.7 Å². The summed E-state index contributed by atoms with van der Waals surface area (Å²) in [4.78, 5) is 4.49. The normalized spacial score (nSPS) is 25.8. The summed E-state index contributed by atoms with van der Waals surface area (Å²) in [5.74, 6) is 0. The molecule has 0 atom stereocenters. The third-order valence-electron chi connectivity index (χ3n) is 4.76. The molecular formula is C15H22BNO3. The van der Waals surface area contributed by atoms with Gasteiger partial charge in [-0.15, -0.1) is 0 Å². The summed E-state index contributed by atoms with van der Waals surface area (Å²) in [6, 6.07) is 2.00. The molecule has 1 aromatic heterocycles. The van der Waals surface area contributed by atoms with Crippen molar-refractivity contribution >= 4 is 12.7 Å². The molecule has 2 fully saturated rings. The topological polar surface area (TPSA) is 51.6 Å². The highest BCUT2D eigenvalue weighted by Gasteiger charge is 2.55. The van der Waals surface area contributed by atoms with Crippen molar-refractivity contribution in [2.45, 2.75) is 64.3 Å². The Morgan fingerprint density at radius 2 is 1.70 bits per heavy atom. The molecule has 2 aliphatic rings. The number of hydrogen-bond donors (Lipinski definition) is 1. The van der Waals surface area contributed by atoms with Crippen LogP contribution >= 0.6 is 0 Å². The number of rotatable bonds is 2. The van der Waals surface area contributed by atoms with Crippen molar-refractivity contribution in [2.75, 3.05) is 0 Å². The van der Waals surface area contributed by atoms with Gasteiger partial charge in [0.05, 0.1) is 22.4 Å². The van der Waals surface area contributed by atoms with Crippen molar-refractivity contribution in [3.8, 4) is 0 Å². The minimum absolute atomic E-state index is 0.395. The van der Waals surface area contributed by atoms with Gasteiger partial charge in [-0.2, -0.15) is 0 Å². The molecule has 1 aliphatic heterocycles. The molecule has 0 amide bonds. The van der Waals surface area contributed by atoms with Crippen LogP contribution in [0.5, 0.6) is 0 Å². The summed E-state index contributed by atoms with van der Waals surface area (Å²) in [6.07, 6.45) is 3.37. The largest absolute Gasteiger partial charge is 0.514 e. The smallest absolute Gasteiger partial charge is 0.398 e. The van der Waals surface area contributed by atoms with Gasteiger partial charge in [0.1, 0.15) is 0 Å². The third kappa shape index (κ3) is 2.08. The quantitative estimate of drug-likeness (QED) is 0.834. The maximum absolute atomic E-state index is 10.5. The number of aromatic nitrogens is 1. The van der Waals surface area contributed by atoms with Gasteiger partial charge in [-0.25, -0.2) is 0 Å². The van der Waals surface area contributed by atoms with E-state index in [9.17, 15) is 5.11 Å². The fourth-order valence-corrected chi connectivity index (χ4v) is 2.48. The van der Waals surface area contributed by atoms with E-state index < -0.39 is 23.9 Å².